The van der Waals surface area contributed by atoms with E-state index in [0.717, 1.165) is 20.6 Å². The summed E-state index contributed by atoms with van der Waals surface area (Å²) in [7, 11) is -2.38. The molecule has 0 fully saturated rings. The summed E-state index contributed by atoms with van der Waals surface area (Å²) >= 11 is 3.32. The third-order valence-corrected chi connectivity index (χ3v) is 5.39. The van der Waals surface area contributed by atoms with Crippen LogP contribution in [0.4, 0.5) is 5.69 Å². The first-order chi connectivity index (χ1) is 12.7. The molecule has 0 saturated heterocycles. The van der Waals surface area contributed by atoms with Gasteiger partial charge in [0.05, 0.1) is 31.2 Å². The van der Waals surface area contributed by atoms with Gasteiger partial charge in [-0.25, -0.2) is 13.2 Å². The molecule has 0 aromatic heterocycles. The Morgan fingerprint density at radius 1 is 1.11 bits per heavy atom. The normalized spacial score (nSPS) is 11.3. The van der Waals surface area contributed by atoms with Crippen molar-refractivity contribution in [3.63, 3.8) is 0 Å². The van der Waals surface area contributed by atoms with E-state index in [0.29, 0.717) is 0 Å². The van der Waals surface area contributed by atoms with Crippen LogP contribution >= 0.6 is 15.9 Å². The highest BCUT2D eigenvalue weighted by Crippen LogP contribution is 2.17. The van der Waals surface area contributed by atoms with Gasteiger partial charge in [0.2, 0.25) is 15.9 Å². The van der Waals surface area contributed by atoms with E-state index < -0.39 is 21.9 Å². The second-order valence-electron chi connectivity index (χ2n) is 5.74. The van der Waals surface area contributed by atoms with Crippen molar-refractivity contribution in [3.05, 3.63) is 64.1 Å². The maximum absolute atomic E-state index is 12.4. The molecule has 0 bridgehead atoms. The van der Waals surface area contributed by atoms with Crippen LogP contribution in [0.5, 0.6) is 0 Å². The van der Waals surface area contributed by atoms with Gasteiger partial charge in [0, 0.05) is 11.0 Å². The minimum Gasteiger partial charge on any atom is -0.465 e. The molecule has 0 unspecified atom stereocenters. The SMILES string of the molecule is COC(=O)c1ccccc1NC(=O)CN(Cc1ccc(Br)cc1)S(C)(=O)=O. The number of hydrogen-bond acceptors (Lipinski definition) is 5. The molecule has 0 atom stereocenters. The Hall–Kier alpha value is -2.23. The van der Waals surface area contributed by atoms with E-state index in [1.54, 1.807) is 42.5 Å². The fourth-order valence-corrected chi connectivity index (χ4v) is 3.31. The molecular weight excluding hydrogens is 436 g/mol. The predicted molar refractivity (Wildman–Crippen MR) is 106 cm³/mol. The van der Waals surface area contributed by atoms with Crippen molar-refractivity contribution < 1.29 is 22.7 Å². The number of rotatable bonds is 7. The molecule has 2 aromatic carbocycles. The number of sulfonamides is 1. The average molecular weight is 455 g/mol. The third kappa shape index (κ3) is 6.16. The topological polar surface area (TPSA) is 92.8 Å². The van der Waals surface area contributed by atoms with Gasteiger partial charge in [-0.1, -0.05) is 40.2 Å². The lowest BCUT2D eigenvalue weighted by Crippen LogP contribution is -2.37. The molecule has 27 heavy (non-hydrogen) atoms. The zero-order valence-corrected chi connectivity index (χ0v) is 17.2. The molecule has 0 spiro atoms. The first kappa shape index (κ1) is 21.1. The lowest BCUT2D eigenvalue weighted by Gasteiger charge is -2.20. The van der Waals surface area contributed by atoms with Gasteiger partial charge < -0.3 is 10.1 Å². The number of nitrogens with zero attached hydrogens (tertiary/aromatic N) is 1. The highest BCUT2D eigenvalue weighted by atomic mass is 79.9. The lowest BCUT2D eigenvalue weighted by molar-refractivity contribution is -0.116. The molecule has 1 amide bonds. The van der Waals surface area contributed by atoms with Crippen LogP contribution in [0, 0.1) is 0 Å². The zero-order valence-electron chi connectivity index (χ0n) is 14.8. The molecule has 0 aliphatic carbocycles. The van der Waals surface area contributed by atoms with Gasteiger partial charge in [-0.15, -0.1) is 0 Å². The molecule has 2 aromatic rings. The van der Waals surface area contributed by atoms with Crippen molar-refractivity contribution in [1.29, 1.82) is 0 Å². The molecule has 0 aliphatic rings. The van der Waals surface area contributed by atoms with Gasteiger partial charge in [-0.2, -0.15) is 4.31 Å². The Labute approximate surface area is 166 Å². The van der Waals surface area contributed by atoms with Crippen LogP contribution in [0.15, 0.2) is 53.0 Å². The number of nitrogens with one attached hydrogen (secondary N) is 1. The molecule has 2 rings (SSSR count). The number of carbonyl (C=O) groups excluding carboxylic acids is 2. The number of halogens is 1. The first-order valence-electron chi connectivity index (χ1n) is 7.87. The van der Waals surface area contributed by atoms with E-state index in [9.17, 15) is 18.0 Å². The van der Waals surface area contributed by atoms with E-state index >= 15 is 0 Å². The third-order valence-electron chi connectivity index (χ3n) is 3.67. The average Bonchev–Trinajstić information content (AvgIpc) is 2.62. The molecule has 0 radical (unpaired) electrons. The summed E-state index contributed by atoms with van der Waals surface area (Å²) < 4.78 is 30.8. The van der Waals surface area contributed by atoms with Crippen molar-refractivity contribution in [2.24, 2.45) is 0 Å². The molecule has 0 heterocycles. The van der Waals surface area contributed by atoms with Gasteiger partial charge in [0.25, 0.3) is 0 Å². The standard InChI is InChI=1S/C18H19BrN2O5S/c1-26-18(23)15-5-3-4-6-16(15)20-17(22)12-21(27(2,24)25)11-13-7-9-14(19)10-8-13/h3-10H,11-12H2,1-2H3,(H,20,22). The quantitative estimate of drug-likeness (QED) is 0.649. The fraction of sp³-hybridized carbons (Fsp3) is 0.222. The number of hydrogen-bond donors (Lipinski definition) is 1. The number of benzene rings is 2. The second kappa shape index (κ2) is 9.12. The van der Waals surface area contributed by atoms with E-state index in [-0.39, 0.29) is 24.3 Å². The van der Waals surface area contributed by atoms with Crippen molar-refractivity contribution in [2.45, 2.75) is 6.54 Å². The molecule has 0 saturated carbocycles. The zero-order chi connectivity index (χ0) is 20.0. The van der Waals surface area contributed by atoms with E-state index in [2.05, 4.69) is 26.0 Å². The molecule has 0 aliphatic heterocycles. The summed E-state index contributed by atoms with van der Waals surface area (Å²) in [5.74, 6) is -1.16. The van der Waals surface area contributed by atoms with Crippen LogP contribution < -0.4 is 5.32 Å². The van der Waals surface area contributed by atoms with Gasteiger partial charge in [0.15, 0.2) is 0 Å². The Morgan fingerprint density at radius 3 is 2.33 bits per heavy atom. The van der Waals surface area contributed by atoms with Crippen molar-refractivity contribution >= 4 is 43.5 Å². The van der Waals surface area contributed by atoms with Gasteiger partial charge in [-0.3, -0.25) is 4.79 Å². The number of ether oxygens (including phenoxy) is 1. The monoisotopic (exact) mass is 454 g/mol. The minimum atomic E-state index is -3.62. The summed E-state index contributed by atoms with van der Waals surface area (Å²) in [6.45, 7) is -0.331. The van der Waals surface area contributed by atoms with Crippen LogP contribution in [-0.2, 0) is 26.1 Å². The van der Waals surface area contributed by atoms with Crippen molar-refractivity contribution in [1.82, 2.24) is 4.31 Å². The van der Waals surface area contributed by atoms with Crippen LogP contribution in [0.1, 0.15) is 15.9 Å². The number of amides is 1. The van der Waals surface area contributed by atoms with Crippen LogP contribution in [-0.4, -0.2) is 44.5 Å². The predicted octanol–water partition coefficient (Wildman–Crippen LogP) is 2.64. The van der Waals surface area contributed by atoms with E-state index in [1.165, 1.54) is 13.2 Å². The molecular formula is C18H19BrN2O5S. The van der Waals surface area contributed by atoms with Crippen molar-refractivity contribution in [2.75, 3.05) is 25.2 Å². The molecule has 9 heteroatoms. The number of carbonyl (C=O) groups is 2. The maximum atomic E-state index is 12.4. The summed E-state index contributed by atoms with van der Waals surface area (Å²) in [6.07, 6.45) is 1.04. The first-order valence-corrected chi connectivity index (χ1v) is 10.5. The van der Waals surface area contributed by atoms with E-state index in [4.69, 9.17) is 0 Å². The van der Waals surface area contributed by atoms with Gasteiger partial charge in [-0.05, 0) is 29.8 Å². The van der Waals surface area contributed by atoms with E-state index in [1.807, 2.05) is 0 Å². The van der Waals surface area contributed by atoms with Gasteiger partial charge in [0.1, 0.15) is 0 Å². The summed E-state index contributed by atoms with van der Waals surface area (Å²) in [6, 6.07) is 13.5. The number of esters is 1. The highest BCUT2D eigenvalue weighted by Gasteiger charge is 2.22. The number of anilines is 1. The Balaban J connectivity index is 2.15. The van der Waals surface area contributed by atoms with Crippen molar-refractivity contribution in [3.8, 4) is 0 Å². The highest BCUT2D eigenvalue weighted by molar-refractivity contribution is 9.10. The van der Waals surface area contributed by atoms with Gasteiger partial charge >= 0.3 is 5.97 Å². The Morgan fingerprint density at radius 2 is 1.74 bits per heavy atom. The van der Waals surface area contributed by atoms with Crippen LogP contribution in [0.3, 0.4) is 0 Å². The largest absolute Gasteiger partial charge is 0.465 e. The second-order valence-corrected chi connectivity index (χ2v) is 8.64. The summed E-state index contributed by atoms with van der Waals surface area (Å²) in [5, 5.41) is 2.57. The minimum absolute atomic E-state index is 0.0538. The molecule has 1 N–H and O–H groups in total. The smallest absolute Gasteiger partial charge is 0.339 e. The number of methoxy groups -OCH3 is 1. The summed E-state index contributed by atoms with van der Waals surface area (Å²) in [5.41, 5.74) is 1.19. The van der Waals surface area contributed by atoms with Crippen LogP contribution in [0.2, 0.25) is 0 Å². The molecule has 144 valence electrons. The lowest BCUT2D eigenvalue weighted by atomic mass is 10.2. The molecule has 7 nitrogen and oxygen atoms in total. The van der Waals surface area contributed by atoms with Crippen LogP contribution in [0.25, 0.3) is 0 Å². The summed E-state index contributed by atoms with van der Waals surface area (Å²) in [4.78, 5) is 24.2. The Kier molecular flexibility index (Phi) is 7.11. The number of para-hydroxylation sites is 1. The Bertz CT molecular complexity index is 929. The maximum Gasteiger partial charge on any atom is 0.339 e. The fourth-order valence-electron chi connectivity index (χ4n) is 2.31.